The van der Waals surface area contributed by atoms with Gasteiger partial charge in [-0.15, -0.1) is 0 Å². The molecule has 1 aliphatic rings. The average Bonchev–Trinajstić information content (AvgIpc) is 3.01. The Bertz CT molecular complexity index is 1120. The molecule has 0 radical (unpaired) electrons. The molecule has 7 heteroatoms. The number of nitrogens with zero attached hydrogens (tertiary/aromatic N) is 3. The Morgan fingerprint density at radius 2 is 1.82 bits per heavy atom. The minimum atomic E-state index is -0.373. The van der Waals surface area contributed by atoms with Crippen molar-refractivity contribution in [1.82, 2.24) is 0 Å². The van der Waals surface area contributed by atoms with Crippen LogP contribution in [-0.4, -0.2) is 27.5 Å². The number of nitrogens with one attached hydrogen (secondary N) is 1. The second kappa shape index (κ2) is 7.13. The third kappa shape index (κ3) is 3.08. The van der Waals surface area contributed by atoms with Crippen LogP contribution in [-0.2, 0) is 11.4 Å². The molecule has 4 rings (SSSR count). The first-order valence-corrected chi connectivity index (χ1v) is 8.72. The van der Waals surface area contributed by atoms with E-state index in [4.69, 9.17) is 5.11 Å². The molecule has 0 atom stereocenters. The smallest absolute Gasteiger partial charge is 0.301 e. The van der Waals surface area contributed by atoms with E-state index in [1.165, 1.54) is 5.01 Å². The van der Waals surface area contributed by atoms with Gasteiger partial charge >= 0.3 is 5.91 Å². The molecule has 0 bridgehead atoms. The van der Waals surface area contributed by atoms with Crippen LogP contribution in [0.4, 0.5) is 11.4 Å². The van der Waals surface area contributed by atoms with Gasteiger partial charge in [0.2, 0.25) is 0 Å². The van der Waals surface area contributed by atoms with Crippen molar-refractivity contribution in [2.45, 2.75) is 13.5 Å². The standard InChI is InChI=1S/C21H18N4O3/c1-13-19(21(28)25(24-13)16-9-6-14(12-26)7-10-16)23-22-18-11-8-15-4-2-3-5-17(15)20(18)27/h2-11,22,26-27H,12H2,1H3/b23-19+. The minimum Gasteiger partial charge on any atom is -0.505 e. The van der Waals surface area contributed by atoms with Gasteiger partial charge in [0.15, 0.2) is 5.71 Å². The molecule has 7 nitrogen and oxygen atoms in total. The maximum atomic E-state index is 12.7. The highest BCUT2D eigenvalue weighted by molar-refractivity contribution is 6.71. The van der Waals surface area contributed by atoms with E-state index in [1.807, 2.05) is 30.3 Å². The predicted octanol–water partition coefficient (Wildman–Crippen LogP) is 3.23. The predicted molar refractivity (Wildman–Crippen MR) is 110 cm³/mol. The van der Waals surface area contributed by atoms with E-state index in [-0.39, 0.29) is 24.0 Å². The molecule has 0 saturated heterocycles. The fraction of sp³-hybridized carbons (Fsp3) is 0.0952. The van der Waals surface area contributed by atoms with Crippen molar-refractivity contribution in [2.75, 3.05) is 10.4 Å². The van der Waals surface area contributed by atoms with Gasteiger partial charge in [-0.1, -0.05) is 42.5 Å². The zero-order valence-electron chi connectivity index (χ0n) is 15.1. The first-order valence-electron chi connectivity index (χ1n) is 8.72. The summed E-state index contributed by atoms with van der Waals surface area (Å²) >= 11 is 0. The maximum Gasteiger partial charge on any atom is 0.301 e. The molecule has 0 aliphatic carbocycles. The van der Waals surface area contributed by atoms with Crippen LogP contribution < -0.4 is 10.4 Å². The monoisotopic (exact) mass is 374 g/mol. The first kappa shape index (κ1) is 17.7. The largest absolute Gasteiger partial charge is 0.505 e. The van der Waals surface area contributed by atoms with Gasteiger partial charge in [0.1, 0.15) is 5.75 Å². The molecule has 140 valence electrons. The summed E-state index contributed by atoms with van der Waals surface area (Å²) in [6.45, 7) is 1.63. The summed E-state index contributed by atoms with van der Waals surface area (Å²) in [4.78, 5) is 12.7. The van der Waals surface area contributed by atoms with Crippen molar-refractivity contribution >= 4 is 39.5 Å². The van der Waals surface area contributed by atoms with E-state index >= 15 is 0 Å². The average molecular weight is 374 g/mol. The molecule has 1 amide bonds. The molecule has 3 aromatic rings. The van der Waals surface area contributed by atoms with Crippen molar-refractivity contribution in [2.24, 2.45) is 10.2 Å². The Hall–Kier alpha value is -3.71. The topological polar surface area (TPSA) is 97.5 Å². The number of carbonyl (C=O) groups excluding carboxylic acids is 1. The van der Waals surface area contributed by atoms with Crippen LogP contribution in [0.25, 0.3) is 10.8 Å². The number of hydrazone groups is 2. The number of phenolic OH excluding ortho intramolecular Hbond substituents is 1. The Morgan fingerprint density at radius 1 is 1.07 bits per heavy atom. The van der Waals surface area contributed by atoms with Gasteiger partial charge in [-0.2, -0.15) is 15.2 Å². The molecule has 1 heterocycles. The summed E-state index contributed by atoms with van der Waals surface area (Å²) in [5, 5.41) is 30.9. The van der Waals surface area contributed by atoms with Crippen molar-refractivity contribution in [3.63, 3.8) is 0 Å². The van der Waals surface area contributed by atoms with Gasteiger partial charge < -0.3 is 10.2 Å². The van der Waals surface area contributed by atoms with E-state index in [0.717, 1.165) is 10.9 Å². The first-order chi connectivity index (χ1) is 13.6. The van der Waals surface area contributed by atoms with Crippen LogP contribution in [0.2, 0.25) is 0 Å². The van der Waals surface area contributed by atoms with E-state index in [0.29, 0.717) is 22.5 Å². The molecule has 0 fully saturated rings. The second-order valence-corrected chi connectivity index (χ2v) is 6.38. The van der Waals surface area contributed by atoms with E-state index in [9.17, 15) is 9.90 Å². The number of aromatic hydroxyl groups is 1. The third-order valence-corrected chi connectivity index (χ3v) is 4.54. The Balaban J connectivity index is 1.59. The van der Waals surface area contributed by atoms with Gasteiger partial charge in [0, 0.05) is 5.39 Å². The van der Waals surface area contributed by atoms with E-state index < -0.39 is 0 Å². The minimum absolute atomic E-state index is 0.0671. The van der Waals surface area contributed by atoms with Gasteiger partial charge in [-0.25, -0.2) is 0 Å². The van der Waals surface area contributed by atoms with Crippen molar-refractivity contribution in [3.05, 3.63) is 66.2 Å². The summed E-state index contributed by atoms with van der Waals surface area (Å²) in [6, 6.07) is 17.9. The second-order valence-electron chi connectivity index (χ2n) is 6.38. The molecular weight excluding hydrogens is 356 g/mol. The quantitative estimate of drug-likeness (QED) is 0.482. The lowest BCUT2D eigenvalue weighted by molar-refractivity contribution is -0.112. The number of hydrogen-bond acceptors (Lipinski definition) is 6. The molecule has 0 aromatic heterocycles. The zero-order valence-corrected chi connectivity index (χ0v) is 15.1. The lowest BCUT2D eigenvalue weighted by Gasteiger charge is -2.12. The molecular formula is C21H18N4O3. The number of phenols is 1. The molecule has 0 saturated carbocycles. The van der Waals surface area contributed by atoms with Crippen molar-refractivity contribution in [3.8, 4) is 5.75 Å². The highest BCUT2D eigenvalue weighted by Gasteiger charge is 2.30. The lowest BCUT2D eigenvalue weighted by atomic mass is 10.1. The fourth-order valence-electron chi connectivity index (χ4n) is 3.01. The maximum absolute atomic E-state index is 12.7. The fourth-order valence-corrected chi connectivity index (χ4v) is 3.01. The molecule has 28 heavy (non-hydrogen) atoms. The number of aliphatic hydroxyl groups is 1. The highest BCUT2D eigenvalue weighted by atomic mass is 16.3. The Morgan fingerprint density at radius 3 is 2.57 bits per heavy atom. The number of benzene rings is 3. The van der Waals surface area contributed by atoms with E-state index in [2.05, 4.69) is 15.6 Å². The molecule has 3 aromatic carbocycles. The zero-order chi connectivity index (χ0) is 19.7. The number of hydrogen-bond donors (Lipinski definition) is 3. The molecule has 0 unspecified atom stereocenters. The summed E-state index contributed by atoms with van der Waals surface area (Å²) in [5.41, 5.74) is 5.13. The van der Waals surface area contributed by atoms with Gasteiger partial charge in [-0.05, 0) is 36.1 Å². The highest BCUT2D eigenvalue weighted by Crippen LogP contribution is 2.32. The van der Waals surface area contributed by atoms with Gasteiger partial charge in [0.05, 0.1) is 23.7 Å². The van der Waals surface area contributed by atoms with Crippen molar-refractivity contribution < 1.29 is 15.0 Å². The number of carbonyl (C=O) groups is 1. The number of aliphatic hydroxyl groups excluding tert-OH is 1. The molecule has 0 spiro atoms. The summed E-state index contributed by atoms with van der Waals surface area (Å²) < 4.78 is 0. The summed E-state index contributed by atoms with van der Waals surface area (Å²) in [6.07, 6.45) is 0. The van der Waals surface area contributed by atoms with Gasteiger partial charge in [0.25, 0.3) is 0 Å². The van der Waals surface area contributed by atoms with Crippen LogP contribution in [0, 0.1) is 0 Å². The molecule has 3 N–H and O–H groups in total. The Kier molecular flexibility index (Phi) is 4.50. The van der Waals surface area contributed by atoms with E-state index in [1.54, 1.807) is 37.3 Å². The number of amides is 1. The lowest BCUT2D eigenvalue weighted by Crippen LogP contribution is -2.27. The van der Waals surface area contributed by atoms with Crippen LogP contribution in [0.15, 0.2) is 70.9 Å². The van der Waals surface area contributed by atoms with Gasteiger partial charge in [-0.3, -0.25) is 10.2 Å². The summed E-state index contributed by atoms with van der Waals surface area (Å²) in [5.74, 6) is -0.305. The van der Waals surface area contributed by atoms with Crippen LogP contribution >= 0.6 is 0 Å². The van der Waals surface area contributed by atoms with Crippen LogP contribution in [0.3, 0.4) is 0 Å². The number of rotatable bonds is 4. The summed E-state index contributed by atoms with van der Waals surface area (Å²) in [7, 11) is 0. The Labute approximate surface area is 161 Å². The number of fused-ring (bicyclic) bond motifs is 1. The van der Waals surface area contributed by atoms with Crippen LogP contribution in [0.1, 0.15) is 12.5 Å². The molecule has 1 aliphatic heterocycles. The van der Waals surface area contributed by atoms with Crippen LogP contribution in [0.5, 0.6) is 5.75 Å². The third-order valence-electron chi connectivity index (χ3n) is 4.54. The SMILES string of the molecule is CC1=NN(c2ccc(CO)cc2)C(=O)/C1=N/Nc1ccc2ccccc2c1O. The normalized spacial score (nSPS) is 15.4. The number of anilines is 2. The van der Waals surface area contributed by atoms with Crippen molar-refractivity contribution in [1.29, 1.82) is 0 Å².